The minimum atomic E-state index is -0.0169. The van der Waals surface area contributed by atoms with E-state index in [1.165, 1.54) is 11.8 Å². The third-order valence-corrected chi connectivity index (χ3v) is 5.29. The van der Waals surface area contributed by atoms with Crippen molar-refractivity contribution in [3.63, 3.8) is 0 Å². The Morgan fingerprint density at radius 2 is 2.04 bits per heavy atom. The van der Waals surface area contributed by atoms with Crippen molar-refractivity contribution in [2.24, 2.45) is 0 Å². The largest absolute Gasteiger partial charge is 0.346 e. The van der Waals surface area contributed by atoms with E-state index in [4.69, 9.17) is 5.26 Å². The molecule has 0 spiro atoms. The number of pyridine rings is 1. The first-order valence-electron chi connectivity index (χ1n) is 8.54. The van der Waals surface area contributed by atoms with Gasteiger partial charge < -0.3 is 4.57 Å². The van der Waals surface area contributed by atoms with Crippen LogP contribution in [0.5, 0.6) is 0 Å². The number of para-hydroxylation sites is 1. The highest BCUT2D eigenvalue weighted by atomic mass is 32.2. The van der Waals surface area contributed by atoms with Gasteiger partial charge in [-0.25, -0.2) is 4.98 Å². The monoisotopic (exact) mass is 374 g/mol. The first kappa shape index (κ1) is 18.7. The smallest absolute Gasteiger partial charge is 0.175 e. The number of rotatable bonds is 6. The predicted octanol–water partition coefficient (Wildman–Crippen LogP) is 4.41. The van der Waals surface area contributed by atoms with Crippen LogP contribution in [0.25, 0.3) is 10.9 Å². The average Bonchev–Trinajstić information content (AvgIpc) is 3.03. The highest BCUT2D eigenvalue weighted by molar-refractivity contribution is 8.00. The fourth-order valence-corrected chi connectivity index (χ4v) is 4.06. The lowest BCUT2D eigenvalue weighted by Crippen LogP contribution is -2.04. The maximum absolute atomic E-state index is 12.9. The first-order chi connectivity index (χ1) is 13.0. The molecule has 5 nitrogen and oxygen atoms in total. The number of nitriles is 2. The summed E-state index contributed by atoms with van der Waals surface area (Å²) >= 11 is 1.29. The Morgan fingerprint density at radius 3 is 2.78 bits per heavy atom. The van der Waals surface area contributed by atoms with E-state index in [2.05, 4.69) is 17.1 Å². The summed E-state index contributed by atoms with van der Waals surface area (Å²) in [5.41, 5.74) is 3.81. The first-order valence-corrected chi connectivity index (χ1v) is 9.53. The SMILES string of the molecule is Cc1cc(C)c(C#N)c(SCC(=O)c2cn(CCC#N)c3ccccc23)n1. The van der Waals surface area contributed by atoms with Crippen molar-refractivity contribution in [1.82, 2.24) is 9.55 Å². The lowest BCUT2D eigenvalue weighted by Gasteiger charge is -2.06. The highest BCUT2D eigenvalue weighted by Gasteiger charge is 2.17. The van der Waals surface area contributed by atoms with Gasteiger partial charge in [-0.1, -0.05) is 30.0 Å². The standard InChI is InChI=1S/C21H18N4OS/c1-14-10-15(2)24-21(17(14)11-23)27-13-20(26)18-12-25(9-5-8-22)19-7-4-3-6-16(18)19/h3-4,6-7,10,12H,5,9,13H2,1-2H3. The Bertz CT molecular complexity index is 1100. The zero-order chi connectivity index (χ0) is 19.4. The average molecular weight is 374 g/mol. The lowest BCUT2D eigenvalue weighted by molar-refractivity contribution is 0.102. The number of hydrogen-bond donors (Lipinski definition) is 0. The van der Waals surface area contributed by atoms with E-state index < -0.39 is 0 Å². The number of aryl methyl sites for hydroxylation is 3. The molecule has 0 bridgehead atoms. The molecule has 0 aliphatic rings. The normalized spacial score (nSPS) is 10.5. The molecule has 0 unspecified atom stereocenters. The van der Waals surface area contributed by atoms with Crippen molar-refractivity contribution >= 4 is 28.4 Å². The molecule has 0 radical (unpaired) electrons. The molecule has 0 aliphatic carbocycles. The molecule has 0 saturated carbocycles. The number of benzene rings is 1. The number of Topliss-reactive ketones (excluding diaryl/α,β-unsaturated/α-hetero) is 1. The Morgan fingerprint density at radius 1 is 1.26 bits per heavy atom. The summed E-state index contributed by atoms with van der Waals surface area (Å²) < 4.78 is 1.95. The second-order valence-corrected chi connectivity index (χ2v) is 7.21. The van der Waals surface area contributed by atoms with Crippen LogP contribution in [0.4, 0.5) is 0 Å². The molecule has 134 valence electrons. The van der Waals surface area contributed by atoms with E-state index in [9.17, 15) is 10.1 Å². The zero-order valence-electron chi connectivity index (χ0n) is 15.2. The molecule has 0 saturated heterocycles. The Kier molecular flexibility index (Phi) is 5.59. The molecule has 3 aromatic rings. The summed E-state index contributed by atoms with van der Waals surface area (Å²) in [6, 6.07) is 13.9. The van der Waals surface area contributed by atoms with Gasteiger partial charge in [-0.2, -0.15) is 10.5 Å². The molecule has 0 fully saturated rings. The molecule has 0 atom stereocenters. The molecule has 0 N–H and O–H groups in total. The van der Waals surface area contributed by atoms with Crippen LogP contribution in [-0.4, -0.2) is 21.1 Å². The van der Waals surface area contributed by atoms with Gasteiger partial charge in [0.1, 0.15) is 11.1 Å². The number of carbonyl (C=O) groups excluding carboxylic acids is 1. The summed E-state index contributed by atoms with van der Waals surface area (Å²) in [7, 11) is 0. The van der Waals surface area contributed by atoms with Crippen LogP contribution in [0.15, 0.2) is 41.6 Å². The number of ketones is 1. The number of fused-ring (bicyclic) bond motifs is 1. The second kappa shape index (κ2) is 8.07. The van der Waals surface area contributed by atoms with Crippen LogP contribution in [0, 0.1) is 36.5 Å². The quantitative estimate of drug-likeness (QED) is 0.471. The van der Waals surface area contributed by atoms with Gasteiger partial charge in [0, 0.05) is 34.9 Å². The van der Waals surface area contributed by atoms with Crippen LogP contribution in [0.2, 0.25) is 0 Å². The van der Waals surface area contributed by atoms with Crippen molar-refractivity contribution in [3.8, 4) is 12.1 Å². The molecular weight excluding hydrogens is 356 g/mol. The van der Waals surface area contributed by atoms with Crippen molar-refractivity contribution in [2.75, 3.05) is 5.75 Å². The van der Waals surface area contributed by atoms with E-state index in [0.29, 0.717) is 29.1 Å². The zero-order valence-corrected chi connectivity index (χ0v) is 16.0. The Labute approximate surface area is 162 Å². The van der Waals surface area contributed by atoms with Crippen LogP contribution in [0.1, 0.15) is 33.6 Å². The molecule has 2 heterocycles. The van der Waals surface area contributed by atoms with E-state index in [1.807, 2.05) is 54.9 Å². The molecule has 2 aromatic heterocycles. The number of thioether (sulfide) groups is 1. The number of carbonyl (C=O) groups is 1. The maximum atomic E-state index is 12.9. The molecule has 0 amide bonds. The fourth-order valence-electron chi connectivity index (χ4n) is 3.08. The second-order valence-electron chi connectivity index (χ2n) is 6.25. The van der Waals surface area contributed by atoms with Gasteiger partial charge in [-0.15, -0.1) is 0 Å². The summed E-state index contributed by atoms with van der Waals surface area (Å²) in [4.78, 5) is 17.3. The summed E-state index contributed by atoms with van der Waals surface area (Å²) in [6.45, 7) is 4.30. The number of aromatic nitrogens is 2. The van der Waals surface area contributed by atoms with Crippen molar-refractivity contribution in [2.45, 2.75) is 31.8 Å². The van der Waals surface area contributed by atoms with Gasteiger partial charge in [-0.3, -0.25) is 4.79 Å². The molecular formula is C21H18N4OS. The van der Waals surface area contributed by atoms with E-state index in [1.54, 1.807) is 0 Å². The van der Waals surface area contributed by atoms with Crippen molar-refractivity contribution in [1.29, 1.82) is 10.5 Å². The Hall–Kier alpha value is -3.09. The predicted molar refractivity (Wildman–Crippen MR) is 106 cm³/mol. The third kappa shape index (κ3) is 3.86. The van der Waals surface area contributed by atoms with E-state index in [-0.39, 0.29) is 11.5 Å². The fraction of sp³-hybridized carbons (Fsp3) is 0.238. The van der Waals surface area contributed by atoms with E-state index >= 15 is 0 Å². The van der Waals surface area contributed by atoms with Gasteiger partial charge in [-0.05, 0) is 31.5 Å². The minimum absolute atomic E-state index is 0.0169. The maximum Gasteiger partial charge on any atom is 0.175 e. The number of nitrogens with zero attached hydrogens (tertiary/aromatic N) is 4. The van der Waals surface area contributed by atoms with Crippen LogP contribution >= 0.6 is 11.8 Å². The molecule has 6 heteroatoms. The summed E-state index contributed by atoms with van der Waals surface area (Å²) in [5, 5.41) is 19.7. The summed E-state index contributed by atoms with van der Waals surface area (Å²) in [5.74, 6) is 0.188. The van der Waals surface area contributed by atoms with Crippen LogP contribution in [0.3, 0.4) is 0 Å². The third-order valence-electron chi connectivity index (χ3n) is 4.32. The molecule has 1 aromatic carbocycles. The highest BCUT2D eigenvalue weighted by Crippen LogP contribution is 2.27. The molecule has 3 rings (SSSR count). The van der Waals surface area contributed by atoms with Gasteiger partial charge in [0.15, 0.2) is 5.78 Å². The molecule has 0 aliphatic heterocycles. The van der Waals surface area contributed by atoms with Crippen molar-refractivity contribution in [3.05, 3.63) is 58.9 Å². The Balaban J connectivity index is 1.88. The minimum Gasteiger partial charge on any atom is -0.346 e. The van der Waals surface area contributed by atoms with Crippen molar-refractivity contribution < 1.29 is 4.79 Å². The van der Waals surface area contributed by atoms with Crippen LogP contribution in [-0.2, 0) is 6.54 Å². The van der Waals surface area contributed by atoms with Gasteiger partial charge >= 0.3 is 0 Å². The summed E-state index contributed by atoms with van der Waals surface area (Å²) in [6.07, 6.45) is 2.21. The topological polar surface area (TPSA) is 82.5 Å². The van der Waals surface area contributed by atoms with Gasteiger partial charge in [0.2, 0.25) is 0 Å². The van der Waals surface area contributed by atoms with Crippen LogP contribution < -0.4 is 0 Å². The number of hydrogen-bond acceptors (Lipinski definition) is 5. The van der Waals surface area contributed by atoms with Gasteiger partial charge in [0.05, 0.1) is 23.8 Å². The lowest BCUT2D eigenvalue weighted by atomic mass is 10.1. The molecule has 27 heavy (non-hydrogen) atoms. The van der Waals surface area contributed by atoms with E-state index in [0.717, 1.165) is 22.2 Å². The van der Waals surface area contributed by atoms with Gasteiger partial charge in [0.25, 0.3) is 0 Å².